The molecule has 4 nitrogen and oxygen atoms in total. The molecule has 94 valence electrons. The zero-order valence-electron chi connectivity index (χ0n) is 9.44. The number of halogens is 2. The topological polar surface area (TPSA) is 52.3 Å². The van der Waals surface area contributed by atoms with Crippen molar-refractivity contribution in [2.45, 2.75) is 13.5 Å². The summed E-state index contributed by atoms with van der Waals surface area (Å²) in [6, 6.07) is 4.78. The van der Waals surface area contributed by atoms with E-state index in [0.717, 1.165) is 12.1 Å². The van der Waals surface area contributed by atoms with Gasteiger partial charge >= 0.3 is 5.97 Å². The molecule has 1 heterocycles. The molecular weight excluding hydrogens is 244 g/mol. The summed E-state index contributed by atoms with van der Waals surface area (Å²) < 4.78 is 35.9. The minimum absolute atomic E-state index is 0.107. The Balaban J connectivity index is 2.06. The Labute approximate surface area is 101 Å². The molecule has 0 aliphatic heterocycles. The fraction of sp³-hybridized carbons (Fsp3) is 0.167. The van der Waals surface area contributed by atoms with Crippen molar-refractivity contribution in [1.82, 2.24) is 5.16 Å². The number of aryl methyl sites for hydroxylation is 1. The standard InChI is InChI=1S/C12H9F2NO3/c1-7-5-11(18-15-7)12(16)17-6-8-9(13)3-2-4-10(8)14/h2-5H,6H2,1H3. The average Bonchev–Trinajstić information content (AvgIpc) is 2.75. The quantitative estimate of drug-likeness (QED) is 0.789. The molecule has 0 unspecified atom stereocenters. The first-order valence-electron chi connectivity index (χ1n) is 5.11. The summed E-state index contributed by atoms with van der Waals surface area (Å²) in [5.74, 6) is -2.46. The van der Waals surface area contributed by atoms with E-state index in [2.05, 4.69) is 9.68 Å². The van der Waals surface area contributed by atoms with Crippen LogP contribution in [0.3, 0.4) is 0 Å². The zero-order chi connectivity index (χ0) is 13.1. The summed E-state index contributed by atoms with van der Waals surface area (Å²) in [6.45, 7) is 1.13. The molecule has 2 aromatic rings. The highest BCUT2D eigenvalue weighted by Gasteiger charge is 2.16. The monoisotopic (exact) mass is 253 g/mol. The second-order valence-electron chi connectivity index (χ2n) is 3.61. The van der Waals surface area contributed by atoms with E-state index in [4.69, 9.17) is 4.74 Å². The second-order valence-corrected chi connectivity index (χ2v) is 3.61. The molecule has 1 aromatic heterocycles. The third kappa shape index (κ3) is 2.53. The van der Waals surface area contributed by atoms with E-state index in [1.807, 2.05) is 0 Å². The molecule has 0 fully saturated rings. The summed E-state index contributed by atoms with van der Waals surface area (Å²) >= 11 is 0. The Bertz CT molecular complexity index is 560. The van der Waals surface area contributed by atoms with Crippen molar-refractivity contribution < 1.29 is 22.8 Å². The van der Waals surface area contributed by atoms with Gasteiger partial charge in [-0.15, -0.1) is 0 Å². The number of hydrogen-bond donors (Lipinski definition) is 0. The highest BCUT2D eigenvalue weighted by molar-refractivity contribution is 5.86. The van der Waals surface area contributed by atoms with Gasteiger partial charge in [0.15, 0.2) is 0 Å². The van der Waals surface area contributed by atoms with E-state index >= 15 is 0 Å². The van der Waals surface area contributed by atoms with Crippen LogP contribution in [-0.2, 0) is 11.3 Å². The number of benzene rings is 1. The number of ether oxygens (including phenoxy) is 1. The maximum absolute atomic E-state index is 13.2. The predicted molar refractivity (Wildman–Crippen MR) is 56.7 cm³/mol. The minimum atomic E-state index is -0.821. The smallest absolute Gasteiger partial charge is 0.377 e. The van der Waals surface area contributed by atoms with Gasteiger partial charge in [-0.1, -0.05) is 11.2 Å². The van der Waals surface area contributed by atoms with Crippen LogP contribution >= 0.6 is 0 Å². The van der Waals surface area contributed by atoms with E-state index in [9.17, 15) is 13.6 Å². The number of nitrogens with zero attached hydrogens (tertiary/aromatic N) is 1. The number of aromatic nitrogens is 1. The van der Waals surface area contributed by atoms with Crippen LogP contribution in [0.1, 0.15) is 21.8 Å². The summed E-state index contributed by atoms with van der Waals surface area (Å²) in [6.07, 6.45) is 0. The van der Waals surface area contributed by atoms with Gasteiger partial charge in [-0.25, -0.2) is 13.6 Å². The lowest BCUT2D eigenvalue weighted by Gasteiger charge is -2.04. The van der Waals surface area contributed by atoms with Crippen molar-refractivity contribution in [3.8, 4) is 0 Å². The minimum Gasteiger partial charge on any atom is -0.455 e. The van der Waals surface area contributed by atoms with Gasteiger partial charge in [-0.05, 0) is 19.1 Å². The largest absolute Gasteiger partial charge is 0.455 e. The molecule has 0 aliphatic rings. The number of rotatable bonds is 3. The van der Waals surface area contributed by atoms with Crippen molar-refractivity contribution >= 4 is 5.97 Å². The second kappa shape index (κ2) is 4.95. The van der Waals surface area contributed by atoms with Crippen molar-refractivity contribution in [2.24, 2.45) is 0 Å². The van der Waals surface area contributed by atoms with Crippen LogP contribution in [0.2, 0.25) is 0 Å². The summed E-state index contributed by atoms with van der Waals surface area (Å²) in [5, 5.41) is 3.50. The van der Waals surface area contributed by atoms with Crippen LogP contribution in [0.4, 0.5) is 8.78 Å². The van der Waals surface area contributed by atoms with E-state index in [0.29, 0.717) is 5.69 Å². The normalized spacial score (nSPS) is 10.4. The van der Waals surface area contributed by atoms with Gasteiger partial charge in [-0.2, -0.15) is 0 Å². The van der Waals surface area contributed by atoms with Crippen LogP contribution in [0.25, 0.3) is 0 Å². The molecule has 1 aromatic carbocycles. The van der Waals surface area contributed by atoms with Gasteiger partial charge in [0.2, 0.25) is 5.76 Å². The first-order valence-corrected chi connectivity index (χ1v) is 5.11. The Hall–Kier alpha value is -2.24. The molecule has 0 radical (unpaired) electrons. The number of carbonyl (C=O) groups is 1. The highest BCUT2D eigenvalue weighted by atomic mass is 19.1. The Morgan fingerprint density at radius 1 is 1.39 bits per heavy atom. The van der Waals surface area contributed by atoms with Gasteiger partial charge in [0, 0.05) is 6.07 Å². The third-order valence-electron chi connectivity index (χ3n) is 2.24. The molecule has 0 atom stereocenters. The highest BCUT2D eigenvalue weighted by Crippen LogP contribution is 2.14. The molecular formula is C12H9F2NO3. The molecule has 0 bridgehead atoms. The van der Waals surface area contributed by atoms with E-state index in [1.54, 1.807) is 6.92 Å². The van der Waals surface area contributed by atoms with Crippen LogP contribution in [0.5, 0.6) is 0 Å². The summed E-state index contributed by atoms with van der Waals surface area (Å²) in [7, 11) is 0. The zero-order valence-corrected chi connectivity index (χ0v) is 9.44. The first kappa shape index (κ1) is 12.2. The Morgan fingerprint density at radius 2 is 2.06 bits per heavy atom. The molecule has 18 heavy (non-hydrogen) atoms. The Kier molecular flexibility index (Phi) is 3.36. The van der Waals surface area contributed by atoms with E-state index < -0.39 is 24.2 Å². The van der Waals surface area contributed by atoms with Gasteiger partial charge in [0.1, 0.15) is 18.2 Å². The van der Waals surface area contributed by atoms with Crippen LogP contribution < -0.4 is 0 Å². The fourth-order valence-corrected chi connectivity index (χ4v) is 1.34. The lowest BCUT2D eigenvalue weighted by molar-refractivity contribution is 0.0418. The molecule has 0 aliphatic carbocycles. The molecule has 0 amide bonds. The van der Waals surface area contributed by atoms with E-state index in [1.165, 1.54) is 12.1 Å². The van der Waals surface area contributed by atoms with Gasteiger partial charge in [0.05, 0.1) is 11.3 Å². The number of hydrogen-bond acceptors (Lipinski definition) is 4. The van der Waals surface area contributed by atoms with Crippen molar-refractivity contribution in [1.29, 1.82) is 0 Å². The van der Waals surface area contributed by atoms with Crippen molar-refractivity contribution in [2.75, 3.05) is 0 Å². The maximum atomic E-state index is 13.2. The summed E-state index contributed by atoms with van der Waals surface area (Å²) in [4.78, 5) is 11.5. The molecule has 0 N–H and O–H groups in total. The predicted octanol–water partition coefficient (Wildman–Crippen LogP) is 2.62. The lowest BCUT2D eigenvalue weighted by Crippen LogP contribution is -2.06. The number of carbonyl (C=O) groups excluding carboxylic acids is 1. The van der Waals surface area contributed by atoms with Gasteiger partial charge in [-0.3, -0.25) is 0 Å². The van der Waals surface area contributed by atoms with Crippen LogP contribution in [-0.4, -0.2) is 11.1 Å². The third-order valence-corrected chi connectivity index (χ3v) is 2.24. The molecule has 6 heteroatoms. The number of esters is 1. The molecule has 0 spiro atoms. The first-order chi connectivity index (χ1) is 8.58. The van der Waals surface area contributed by atoms with Gasteiger partial charge < -0.3 is 9.26 Å². The fourth-order valence-electron chi connectivity index (χ4n) is 1.34. The Morgan fingerprint density at radius 3 is 2.61 bits per heavy atom. The van der Waals surface area contributed by atoms with Crippen molar-refractivity contribution in [3.63, 3.8) is 0 Å². The van der Waals surface area contributed by atoms with Crippen LogP contribution in [0, 0.1) is 18.6 Å². The van der Waals surface area contributed by atoms with E-state index in [-0.39, 0.29) is 11.3 Å². The lowest BCUT2D eigenvalue weighted by atomic mass is 10.2. The maximum Gasteiger partial charge on any atom is 0.377 e. The average molecular weight is 253 g/mol. The van der Waals surface area contributed by atoms with Gasteiger partial charge in [0.25, 0.3) is 0 Å². The SMILES string of the molecule is Cc1cc(C(=O)OCc2c(F)cccc2F)on1. The van der Waals surface area contributed by atoms with Crippen molar-refractivity contribution in [3.05, 3.63) is 52.9 Å². The molecule has 0 saturated heterocycles. The summed E-state index contributed by atoms with van der Waals surface area (Å²) in [5.41, 5.74) is 0.209. The molecule has 0 saturated carbocycles. The molecule has 2 rings (SSSR count). The van der Waals surface area contributed by atoms with Crippen LogP contribution in [0.15, 0.2) is 28.8 Å².